The van der Waals surface area contributed by atoms with Gasteiger partial charge in [-0.3, -0.25) is 9.89 Å². The second-order valence-electron chi connectivity index (χ2n) is 5.89. The lowest BCUT2D eigenvalue weighted by molar-refractivity contribution is 0.193. The standard InChI is InChI=1S/C18H27Cl2N5O.HI/c1-5-25(6-2)15(16-8-7-9-26-16)12-23-18(21-3)22-11-13-10-14(19)17(20)24(13)4;/h7-10,15H,5-6,11-12H2,1-4H3,(H2,21,22,23);1H. The van der Waals surface area contributed by atoms with Gasteiger partial charge in [0.25, 0.3) is 0 Å². The Morgan fingerprint density at radius 2 is 2.00 bits per heavy atom. The van der Waals surface area contributed by atoms with Crippen molar-refractivity contribution in [3.05, 3.63) is 46.1 Å². The van der Waals surface area contributed by atoms with Crippen LogP contribution in [0.5, 0.6) is 0 Å². The molecule has 1 atom stereocenters. The Hall–Kier alpha value is -0.900. The molecule has 0 saturated carbocycles. The normalized spacial score (nSPS) is 12.8. The first-order valence-corrected chi connectivity index (χ1v) is 9.48. The van der Waals surface area contributed by atoms with Crippen LogP contribution >= 0.6 is 47.2 Å². The summed E-state index contributed by atoms with van der Waals surface area (Å²) in [5, 5.41) is 7.76. The SMILES string of the molecule is CCN(CC)C(CNC(=NC)NCc1cc(Cl)c(Cl)n1C)c1ccco1.I. The van der Waals surface area contributed by atoms with Gasteiger partial charge in [-0.25, -0.2) is 0 Å². The van der Waals surface area contributed by atoms with Gasteiger partial charge < -0.3 is 19.6 Å². The van der Waals surface area contributed by atoms with Crippen molar-refractivity contribution < 1.29 is 4.42 Å². The lowest BCUT2D eigenvalue weighted by Gasteiger charge is -2.28. The van der Waals surface area contributed by atoms with E-state index in [1.807, 2.05) is 29.8 Å². The zero-order valence-electron chi connectivity index (χ0n) is 16.1. The fourth-order valence-electron chi connectivity index (χ4n) is 2.90. The van der Waals surface area contributed by atoms with Crippen molar-refractivity contribution in [3.63, 3.8) is 0 Å². The fraction of sp³-hybridized carbons (Fsp3) is 0.500. The fourth-order valence-corrected chi connectivity index (χ4v) is 3.32. The Labute approximate surface area is 188 Å². The monoisotopic (exact) mass is 527 g/mol. The second-order valence-corrected chi connectivity index (χ2v) is 6.66. The highest BCUT2D eigenvalue weighted by Crippen LogP contribution is 2.25. The number of likely N-dealkylation sites (N-methyl/N-ethyl adjacent to an activating group) is 1. The van der Waals surface area contributed by atoms with E-state index >= 15 is 0 Å². The number of nitrogens with zero attached hydrogens (tertiary/aromatic N) is 3. The zero-order chi connectivity index (χ0) is 19.1. The topological polar surface area (TPSA) is 57.7 Å². The maximum Gasteiger partial charge on any atom is 0.191 e. The smallest absolute Gasteiger partial charge is 0.191 e. The summed E-state index contributed by atoms with van der Waals surface area (Å²) in [6.45, 7) is 7.43. The van der Waals surface area contributed by atoms with Crippen molar-refractivity contribution >= 4 is 53.1 Å². The number of hydrogen-bond donors (Lipinski definition) is 2. The number of guanidine groups is 1. The van der Waals surface area contributed by atoms with Gasteiger partial charge in [-0.1, -0.05) is 37.0 Å². The Balaban J connectivity index is 0.00000364. The molecule has 152 valence electrons. The van der Waals surface area contributed by atoms with E-state index in [9.17, 15) is 0 Å². The quantitative estimate of drug-likeness (QED) is 0.305. The van der Waals surface area contributed by atoms with Crippen LogP contribution in [0.1, 0.15) is 31.3 Å². The van der Waals surface area contributed by atoms with Crippen LogP contribution in [-0.4, -0.2) is 42.1 Å². The van der Waals surface area contributed by atoms with Crippen LogP contribution in [0.15, 0.2) is 33.9 Å². The van der Waals surface area contributed by atoms with Crippen LogP contribution in [0.25, 0.3) is 0 Å². The summed E-state index contributed by atoms with van der Waals surface area (Å²) >= 11 is 12.2. The number of hydrogen-bond acceptors (Lipinski definition) is 3. The minimum absolute atomic E-state index is 0. The molecule has 0 aliphatic rings. The van der Waals surface area contributed by atoms with E-state index in [2.05, 4.69) is 34.4 Å². The van der Waals surface area contributed by atoms with Crippen molar-refractivity contribution in [1.29, 1.82) is 0 Å². The molecular formula is C18H28Cl2IN5O. The molecular weight excluding hydrogens is 500 g/mol. The summed E-state index contributed by atoms with van der Waals surface area (Å²) < 4.78 is 7.49. The lowest BCUT2D eigenvalue weighted by Crippen LogP contribution is -2.43. The molecule has 6 nitrogen and oxygen atoms in total. The van der Waals surface area contributed by atoms with Crippen LogP contribution in [0.2, 0.25) is 10.2 Å². The number of halogens is 3. The van der Waals surface area contributed by atoms with E-state index in [-0.39, 0.29) is 30.0 Å². The zero-order valence-corrected chi connectivity index (χ0v) is 20.0. The predicted molar refractivity (Wildman–Crippen MR) is 123 cm³/mol. The van der Waals surface area contributed by atoms with Crippen LogP contribution in [-0.2, 0) is 13.6 Å². The minimum Gasteiger partial charge on any atom is -0.468 e. The van der Waals surface area contributed by atoms with Gasteiger partial charge in [0.15, 0.2) is 5.96 Å². The van der Waals surface area contributed by atoms with Crippen LogP contribution in [0, 0.1) is 0 Å². The Bertz CT molecular complexity index is 714. The van der Waals surface area contributed by atoms with Crippen LogP contribution < -0.4 is 10.6 Å². The largest absolute Gasteiger partial charge is 0.468 e. The van der Waals surface area contributed by atoms with Gasteiger partial charge in [-0.15, -0.1) is 24.0 Å². The van der Waals surface area contributed by atoms with Crippen molar-refractivity contribution in [2.45, 2.75) is 26.4 Å². The highest BCUT2D eigenvalue weighted by molar-refractivity contribution is 14.0. The first kappa shape index (κ1) is 24.1. The number of rotatable bonds is 8. The van der Waals surface area contributed by atoms with E-state index in [1.165, 1.54) is 0 Å². The third-order valence-corrected chi connectivity index (χ3v) is 5.31. The first-order chi connectivity index (χ1) is 12.5. The van der Waals surface area contributed by atoms with E-state index in [0.717, 1.165) is 24.5 Å². The van der Waals surface area contributed by atoms with Gasteiger partial charge in [0.1, 0.15) is 10.9 Å². The van der Waals surface area contributed by atoms with E-state index in [1.54, 1.807) is 13.3 Å². The summed E-state index contributed by atoms with van der Waals surface area (Å²) in [7, 11) is 3.63. The number of furan rings is 1. The molecule has 2 heterocycles. The minimum atomic E-state index is 0. The van der Waals surface area contributed by atoms with E-state index in [0.29, 0.717) is 29.2 Å². The Morgan fingerprint density at radius 1 is 1.30 bits per heavy atom. The third kappa shape index (κ3) is 6.30. The maximum absolute atomic E-state index is 6.12. The average molecular weight is 528 g/mol. The van der Waals surface area contributed by atoms with Gasteiger partial charge in [0.05, 0.1) is 23.9 Å². The predicted octanol–water partition coefficient (Wildman–Crippen LogP) is 4.29. The Morgan fingerprint density at radius 3 is 2.48 bits per heavy atom. The molecule has 27 heavy (non-hydrogen) atoms. The molecule has 2 rings (SSSR count). The van der Waals surface area contributed by atoms with Gasteiger partial charge in [0.2, 0.25) is 0 Å². The third-order valence-electron chi connectivity index (χ3n) is 4.46. The molecule has 0 saturated heterocycles. The molecule has 1 unspecified atom stereocenters. The number of nitrogens with one attached hydrogen (secondary N) is 2. The van der Waals surface area contributed by atoms with E-state index < -0.39 is 0 Å². The number of aliphatic imine (C=N–C) groups is 1. The molecule has 0 aliphatic carbocycles. The van der Waals surface area contributed by atoms with Crippen LogP contribution in [0.4, 0.5) is 0 Å². The van der Waals surface area contributed by atoms with Crippen molar-refractivity contribution in [1.82, 2.24) is 20.1 Å². The molecule has 0 bridgehead atoms. The summed E-state index contributed by atoms with van der Waals surface area (Å²) in [4.78, 5) is 6.64. The molecule has 2 aromatic heterocycles. The first-order valence-electron chi connectivity index (χ1n) is 8.73. The summed E-state index contributed by atoms with van der Waals surface area (Å²) in [5.74, 6) is 1.65. The van der Waals surface area contributed by atoms with Crippen molar-refractivity contribution in [2.75, 3.05) is 26.7 Å². The molecule has 2 aromatic rings. The highest BCUT2D eigenvalue weighted by atomic mass is 127. The summed E-state index contributed by atoms with van der Waals surface area (Å²) in [6.07, 6.45) is 1.71. The van der Waals surface area contributed by atoms with Gasteiger partial charge in [-0.05, 0) is 31.3 Å². The molecule has 9 heteroatoms. The van der Waals surface area contributed by atoms with Crippen LogP contribution in [0.3, 0.4) is 0 Å². The van der Waals surface area contributed by atoms with Gasteiger partial charge in [0, 0.05) is 26.3 Å². The molecule has 2 N–H and O–H groups in total. The van der Waals surface area contributed by atoms with E-state index in [4.69, 9.17) is 27.6 Å². The van der Waals surface area contributed by atoms with Crippen molar-refractivity contribution in [2.24, 2.45) is 12.0 Å². The molecule has 0 amide bonds. The maximum atomic E-state index is 6.12. The summed E-state index contributed by atoms with van der Waals surface area (Å²) in [5.41, 5.74) is 0.981. The van der Waals surface area contributed by atoms with Gasteiger partial charge in [-0.2, -0.15) is 0 Å². The van der Waals surface area contributed by atoms with Crippen molar-refractivity contribution in [3.8, 4) is 0 Å². The molecule has 0 spiro atoms. The molecule has 0 aliphatic heterocycles. The molecule has 0 radical (unpaired) electrons. The average Bonchev–Trinajstić information content (AvgIpc) is 3.26. The summed E-state index contributed by atoms with van der Waals surface area (Å²) in [6, 6.07) is 5.92. The Kier molecular flexibility index (Phi) is 10.6. The molecule has 0 aromatic carbocycles. The molecule has 0 fully saturated rings. The second kappa shape index (κ2) is 11.8. The highest BCUT2D eigenvalue weighted by Gasteiger charge is 2.21. The lowest BCUT2D eigenvalue weighted by atomic mass is 10.2. The van der Waals surface area contributed by atoms with Gasteiger partial charge >= 0.3 is 0 Å². The number of aromatic nitrogens is 1.